The Bertz CT molecular complexity index is 739. The molecule has 3 heteroatoms. The number of rotatable bonds is 5. The zero-order chi connectivity index (χ0) is 17.4. The van der Waals surface area contributed by atoms with Crippen molar-refractivity contribution in [1.82, 2.24) is 5.32 Å². The Morgan fingerprint density at radius 1 is 1.17 bits per heavy atom. The molecule has 0 unspecified atom stereocenters. The molecule has 1 N–H and O–H groups in total. The summed E-state index contributed by atoms with van der Waals surface area (Å²) >= 11 is 0. The van der Waals surface area contributed by atoms with Crippen molar-refractivity contribution in [2.45, 2.75) is 26.7 Å². The van der Waals surface area contributed by atoms with Crippen molar-refractivity contribution in [3.8, 4) is 17.6 Å². The van der Waals surface area contributed by atoms with E-state index >= 15 is 0 Å². The molecule has 1 amide bonds. The minimum Gasteiger partial charge on any atom is -0.484 e. The van der Waals surface area contributed by atoms with Crippen molar-refractivity contribution < 1.29 is 9.53 Å². The van der Waals surface area contributed by atoms with Gasteiger partial charge in [-0.1, -0.05) is 50.0 Å². The highest BCUT2D eigenvalue weighted by Crippen LogP contribution is 2.23. The molecular formula is C21H23NO2. The Morgan fingerprint density at radius 3 is 2.58 bits per heavy atom. The summed E-state index contributed by atoms with van der Waals surface area (Å²) in [5.74, 6) is 6.92. The molecule has 0 aromatic heterocycles. The molecule has 0 aliphatic rings. The van der Waals surface area contributed by atoms with Gasteiger partial charge in [-0.05, 0) is 48.2 Å². The van der Waals surface area contributed by atoms with Crippen LogP contribution in [0, 0.1) is 18.8 Å². The van der Waals surface area contributed by atoms with Crippen molar-refractivity contribution in [2.24, 2.45) is 0 Å². The molecule has 2 rings (SSSR count). The fourth-order valence-electron chi connectivity index (χ4n) is 2.40. The summed E-state index contributed by atoms with van der Waals surface area (Å²) in [6.45, 7) is 6.68. The number of carbonyl (C=O) groups excluding carboxylic acids is 1. The van der Waals surface area contributed by atoms with Gasteiger partial charge in [0.25, 0.3) is 5.91 Å². The van der Waals surface area contributed by atoms with Gasteiger partial charge in [0.15, 0.2) is 6.61 Å². The summed E-state index contributed by atoms with van der Waals surface area (Å²) in [5, 5.41) is 2.73. The van der Waals surface area contributed by atoms with Crippen LogP contribution in [-0.4, -0.2) is 19.1 Å². The van der Waals surface area contributed by atoms with Gasteiger partial charge in [0.2, 0.25) is 0 Å². The van der Waals surface area contributed by atoms with E-state index in [0.717, 1.165) is 5.56 Å². The van der Waals surface area contributed by atoms with Gasteiger partial charge >= 0.3 is 0 Å². The van der Waals surface area contributed by atoms with Crippen molar-refractivity contribution in [3.05, 3.63) is 65.2 Å². The van der Waals surface area contributed by atoms with E-state index in [1.165, 1.54) is 11.1 Å². The summed E-state index contributed by atoms with van der Waals surface area (Å²) in [6.07, 6.45) is 0. The maximum absolute atomic E-state index is 11.8. The van der Waals surface area contributed by atoms with E-state index in [2.05, 4.69) is 44.0 Å². The summed E-state index contributed by atoms with van der Waals surface area (Å²) in [6, 6.07) is 15.6. The monoisotopic (exact) mass is 321 g/mol. The second-order valence-electron chi connectivity index (χ2n) is 5.91. The van der Waals surface area contributed by atoms with E-state index in [0.29, 0.717) is 18.2 Å². The maximum atomic E-state index is 11.8. The molecule has 124 valence electrons. The largest absolute Gasteiger partial charge is 0.484 e. The molecular weight excluding hydrogens is 298 g/mol. The fraction of sp³-hybridized carbons (Fsp3) is 0.286. The number of nitrogens with one attached hydrogen (secondary N) is 1. The normalized spacial score (nSPS) is 10.0. The zero-order valence-corrected chi connectivity index (χ0v) is 14.4. The number of carbonyl (C=O) groups is 1. The van der Waals surface area contributed by atoms with E-state index in [9.17, 15) is 4.79 Å². The Balaban J connectivity index is 1.77. The summed E-state index contributed by atoms with van der Waals surface area (Å²) < 4.78 is 5.54. The van der Waals surface area contributed by atoms with Gasteiger partial charge in [-0.25, -0.2) is 0 Å². The van der Waals surface area contributed by atoms with Crippen molar-refractivity contribution in [3.63, 3.8) is 0 Å². The number of aryl methyl sites for hydroxylation is 1. The van der Waals surface area contributed by atoms with Gasteiger partial charge in [-0.15, -0.1) is 0 Å². The Kier molecular flexibility index (Phi) is 6.45. The molecule has 0 heterocycles. The van der Waals surface area contributed by atoms with Gasteiger partial charge < -0.3 is 10.1 Å². The smallest absolute Gasteiger partial charge is 0.258 e. The maximum Gasteiger partial charge on any atom is 0.258 e. The molecule has 0 fully saturated rings. The molecule has 0 spiro atoms. The summed E-state index contributed by atoms with van der Waals surface area (Å²) in [4.78, 5) is 11.8. The van der Waals surface area contributed by atoms with Crippen LogP contribution in [0.2, 0.25) is 0 Å². The van der Waals surface area contributed by atoms with Crippen LogP contribution in [0.5, 0.6) is 5.75 Å². The van der Waals surface area contributed by atoms with Gasteiger partial charge in [-0.2, -0.15) is 0 Å². The van der Waals surface area contributed by atoms with E-state index in [1.54, 1.807) is 0 Å². The number of ether oxygens (including phenoxy) is 1. The number of hydrogen-bond donors (Lipinski definition) is 1. The SMILES string of the molecule is Cc1cc(OCC(=O)NCC#Cc2ccccc2)ccc1C(C)C. The Morgan fingerprint density at radius 2 is 1.92 bits per heavy atom. The molecule has 0 aliphatic carbocycles. The third kappa shape index (κ3) is 5.48. The molecule has 0 atom stereocenters. The highest BCUT2D eigenvalue weighted by Gasteiger charge is 2.06. The number of amides is 1. The van der Waals surface area contributed by atoms with Crippen LogP contribution in [-0.2, 0) is 4.79 Å². The molecule has 2 aromatic carbocycles. The number of hydrogen-bond acceptors (Lipinski definition) is 2. The lowest BCUT2D eigenvalue weighted by atomic mass is 9.98. The van der Waals surface area contributed by atoms with Gasteiger partial charge in [0.05, 0.1) is 6.54 Å². The second-order valence-corrected chi connectivity index (χ2v) is 5.91. The van der Waals surface area contributed by atoms with Crippen LogP contribution in [0.1, 0.15) is 36.5 Å². The highest BCUT2D eigenvalue weighted by molar-refractivity contribution is 5.77. The lowest BCUT2D eigenvalue weighted by molar-refractivity contribution is -0.122. The van der Waals surface area contributed by atoms with Crippen LogP contribution in [0.4, 0.5) is 0 Å². The average molecular weight is 321 g/mol. The first-order valence-corrected chi connectivity index (χ1v) is 8.10. The predicted octanol–water partition coefficient (Wildman–Crippen LogP) is 3.67. The Labute approximate surface area is 144 Å². The van der Waals surface area contributed by atoms with Crippen molar-refractivity contribution >= 4 is 5.91 Å². The van der Waals surface area contributed by atoms with Gasteiger partial charge in [0, 0.05) is 5.56 Å². The molecule has 3 nitrogen and oxygen atoms in total. The third-order valence-corrected chi connectivity index (χ3v) is 3.61. The van der Waals surface area contributed by atoms with Crippen LogP contribution >= 0.6 is 0 Å². The quantitative estimate of drug-likeness (QED) is 0.854. The molecule has 2 aromatic rings. The van der Waals surface area contributed by atoms with Gasteiger partial charge in [-0.3, -0.25) is 4.79 Å². The number of benzene rings is 2. The Hall–Kier alpha value is -2.73. The van der Waals surface area contributed by atoms with Crippen LogP contribution in [0.25, 0.3) is 0 Å². The first kappa shape index (κ1) is 17.6. The highest BCUT2D eigenvalue weighted by atomic mass is 16.5. The lowest BCUT2D eigenvalue weighted by Crippen LogP contribution is -2.29. The first-order chi connectivity index (χ1) is 11.6. The topological polar surface area (TPSA) is 38.3 Å². The molecule has 0 saturated heterocycles. The van der Waals surface area contributed by atoms with E-state index < -0.39 is 0 Å². The minimum absolute atomic E-state index is 0.00647. The fourth-order valence-corrected chi connectivity index (χ4v) is 2.40. The van der Waals surface area contributed by atoms with Crippen molar-refractivity contribution in [1.29, 1.82) is 0 Å². The average Bonchev–Trinajstić information content (AvgIpc) is 2.57. The van der Waals surface area contributed by atoms with Crippen molar-refractivity contribution in [2.75, 3.05) is 13.2 Å². The zero-order valence-electron chi connectivity index (χ0n) is 14.4. The van der Waals surface area contributed by atoms with E-state index in [1.807, 2.05) is 42.5 Å². The summed E-state index contributed by atoms with van der Waals surface area (Å²) in [5.41, 5.74) is 3.41. The van der Waals surface area contributed by atoms with Gasteiger partial charge in [0.1, 0.15) is 5.75 Å². The molecule has 0 radical (unpaired) electrons. The third-order valence-electron chi connectivity index (χ3n) is 3.61. The minimum atomic E-state index is -0.178. The first-order valence-electron chi connectivity index (χ1n) is 8.10. The lowest BCUT2D eigenvalue weighted by Gasteiger charge is -2.12. The van der Waals surface area contributed by atoms with Crippen LogP contribution < -0.4 is 10.1 Å². The molecule has 0 saturated carbocycles. The molecule has 0 bridgehead atoms. The van der Waals surface area contributed by atoms with Crippen LogP contribution in [0.15, 0.2) is 48.5 Å². The molecule has 24 heavy (non-hydrogen) atoms. The standard InChI is InChI=1S/C21H23NO2/c1-16(2)20-12-11-19(14-17(20)3)24-15-21(23)22-13-7-10-18-8-5-4-6-9-18/h4-6,8-9,11-12,14,16H,13,15H2,1-3H3,(H,22,23). The van der Waals surface area contributed by atoms with Crippen LogP contribution in [0.3, 0.4) is 0 Å². The predicted molar refractivity (Wildman–Crippen MR) is 97.1 cm³/mol. The molecule has 0 aliphatic heterocycles. The van der Waals surface area contributed by atoms with E-state index in [4.69, 9.17) is 4.74 Å². The van der Waals surface area contributed by atoms with E-state index in [-0.39, 0.29) is 12.5 Å². The second kappa shape index (κ2) is 8.79. The summed E-state index contributed by atoms with van der Waals surface area (Å²) in [7, 11) is 0.